The number of hydrogen-bond acceptors (Lipinski definition) is 8. The average Bonchev–Trinajstić information content (AvgIpc) is 3.32. The van der Waals surface area contributed by atoms with Crippen molar-refractivity contribution in [1.29, 1.82) is 0 Å². The van der Waals surface area contributed by atoms with Crippen LogP contribution in [0, 0.1) is 5.82 Å². The van der Waals surface area contributed by atoms with Crippen molar-refractivity contribution in [3.8, 4) is 33.4 Å². The molecule has 9 heteroatoms. The van der Waals surface area contributed by atoms with E-state index < -0.39 is 5.82 Å². The van der Waals surface area contributed by atoms with Crippen LogP contribution in [0.25, 0.3) is 20.7 Å². The van der Waals surface area contributed by atoms with Crippen molar-refractivity contribution in [2.75, 3.05) is 52.3 Å². The van der Waals surface area contributed by atoms with Crippen LogP contribution in [0.3, 0.4) is 0 Å². The van der Waals surface area contributed by atoms with Crippen LogP contribution in [0.4, 0.5) is 10.1 Å². The largest absolute Gasteiger partial charge is 0.493 e. The number of anilines is 1. The maximum atomic E-state index is 14.3. The molecule has 1 aliphatic rings. The first kappa shape index (κ1) is 23.3. The Morgan fingerprint density at radius 3 is 2.66 bits per heavy atom. The minimum atomic E-state index is -0.513. The third-order valence-corrected chi connectivity index (χ3v) is 6.96. The Morgan fingerprint density at radius 2 is 1.86 bits per heavy atom. The van der Waals surface area contributed by atoms with Gasteiger partial charge in [0.25, 0.3) is 0 Å². The third-order valence-electron chi connectivity index (χ3n) is 5.77. The van der Waals surface area contributed by atoms with Crippen LogP contribution in [0.5, 0.6) is 23.0 Å². The first-order valence-corrected chi connectivity index (χ1v) is 12.1. The van der Waals surface area contributed by atoms with Crippen molar-refractivity contribution < 1.29 is 23.3 Å². The van der Waals surface area contributed by atoms with Crippen LogP contribution < -0.4 is 19.9 Å². The molecule has 2 aromatic carbocycles. The molecule has 0 aliphatic carbocycles. The number of thiophene rings is 1. The standard InChI is InChI=1S/C26H26FN3O4S/c1-31-24-14-17(2-4-22(24)33-13-10-30-8-11-32-12-9-30)25-16-20-26(35-25)23(6-7-29-20)34-21-5-3-18(28)15-19(21)27/h2-7,14-16H,8-13,28H2,1H3. The molecule has 0 amide bonds. The lowest BCUT2D eigenvalue weighted by Gasteiger charge is -2.26. The zero-order valence-electron chi connectivity index (χ0n) is 19.3. The number of hydrogen-bond donors (Lipinski definition) is 1. The molecular formula is C26H26FN3O4S. The summed E-state index contributed by atoms with van der Waals surface area (Å²) in [5, 5.41) is 0. The second kappa shape index (κ2) is 10.5. The Kier molecular flexibility index (Phi) is 6.98. The lowest BCUT2D eigenvalue weighted by Crippen LogP contribution is -2.38. The molecule has 0 unspecified atom stereocenters. The van der Waals surface area contributed by atoms with Crippen LogP contribution in [0.15, 0.2) is 54.7 Å². The number of nitrogens with zero attached hydrogens (tertiary/aromatic N) is 2. The number of rotatable bonds is 8. The van der Waals surface area contributed by atoms with Gasteiger partial charge in [0.1, 0.15) is 12.4 Å². The average molecular weight is 496 g/mol. The predicted octanol–water partition coefficient (Wildman–Crippen LogP) is 5.20. The molecule has 0 atom stereocenters. The first-order valence-electron chi connectivity index (χ1n) is 11.3. The van der Waals surface area contributed by atoms with Crippen LogP contribution in [-0.2, 0) is 4.74 Å². The van der Waals surface area contributed by atoms with Gasteiger partial charge in [-0.25, -0.2) is 4.39 Å². The quantitative estimate of drug-likeness (QED) is 0.337. The maximum absolute atomic E-state index is 14.3. The highest BCUT2D eigenvalue weighted by Crippen LogP contribution is 2.41. The fraction of sp³-hybridized carbons (Fsp3) is 0.269. The smallest absolute Gasteiger partial charge is 0.167 e. The lowest BCUT2D eigenvalue weighted by atomic mass is 10.1. The molecule has 5 rings (SSSR count). The van der Waals surface area contributed by atoms with Gasteiger partial charge in [-0.2, -0.15) is 0 Å². The SMILES string of the molecule is COc1cc(-c2cc3nccc(Oc4ccc(N)cc4F)c3s2)ccc1OCCN1CCOCC1. The van der Waals surface area contributed by atoms with E-state index in [0.29, 0.717) is 29.5 Å². The summed E-state index contributed by atoms with van der Waals surface area (Å²) in [5.74, 6) is 1.49. The van der Waals surface area contributed by atoms with E-state index in [1.807, 2.05) is 24.3 Å². The Bertz CT molecular complexity index is 1320. The van der Waals surface area contributed by atoms with Crippen molar-refractivity contribution in [3.63, 3.8) is 0 Å². The number of halogens is 1. The molecule has 1 aliphatic heterocycles. The van der Waals surface area contributed by atoms with Gasteiger partial charge in [-0.3, -0.25) is 9.88 Å². The van der Waals surface area contributed by atoms with Crippen LogP contribution in [0.2, 0.25) is 0 Å². The van der Waals surface area contributed by atoms with E-state index in [1.165, 1.54) is 23.5 Å². The number of aromatic nitrogens is 1. The molecule has 4 aromatic rings. The monoisotopic (exact) mass is 495 g/mol. The molecule has 0 bridgehead atoms. The fourth-order valence-electron chi connectivity index (χ4n) is 3.91. The number of pyridine rings is 1. The number of ether oxygens (including phenoxy) is 4. The van der Waals surface area contributed by atoms with E-state index in [9.17, 15) is 4.39 Å². The molecule has 7 nitrogen and oxygen atoms in total. The van der Waals surface area contributed by atoms with Crippen molar-refractivity contribution in [1.82, 2.24) is 9.88 Å². The molecule has 2 aromatic heterocycles. The minimum Gasteiger partial charge on any atom is -0.493 e. The second-order valence-electron chi connectivity index (χ2n) is 8.09. The molecule has 182 valence electrons. The van der Waals surface area contributed by atoms with E-state index >= 15 is 0 Å². The van der Waals surface area contributed by atoms with Gasteiger partial charge in [0, 0.05) is 48.5 Å². The van der Waals surface area contributed by atoms with E-state index in [0.717, 1.165) is 53.5 Å². The van der Waals surface area contributed by atoms with Gasteiger partial charge in [-0.1, -0.05) is 0 Å². The van der Waals surface area contributed by atoms with Crippen molar-refractivity contribution in [2.24, 2.45) is 0 Å². The third kappa shape index (κ3) is 5.32. The zero-order valence-corrected chi connectivity index (χ0v) is 20.1. The summed E-state index contributed by atoms with van der Waals surface area (Å²) in [5.41, 5.74) is 7.72. The molecule has 1 saturated heterocycles. The summed E-state index contributed by atoms with van der Waals surface area (Å²) in [6.07, 6.45) is 1.65. The van der Waals surface area contributed by atoms with Gasteiger partial charge in [0.2, 0.25) is 0 Å². The van der Waals surface area contributed by atoms with Crippen LogP contribution in [0.1, 0.15) is 0 Å². The molecule has 35 heavy (non-hydrogen) atoms. The second-order valence-corrected chi connectivity index (χ2v) is 9.15. The van der Waals surface area contributed by atoms with E-state index in [1.54, 1.807) is 25.4 Å². The summed E-state index contributed by atoms with van der Waals surface area (Å²) in [6.45, 7) is 4.80. The topological polar surface area (TPSA) is 79.1 Å². The summed E-state index contributed by atoms with van der Waals surface area (Å²) >= 11 is 1.52. The van der Waals surface area contributed by atoms with E-state index in [-0.39, 0.29) is 5.75 Å². The highest BCUT2D eigenvalue weighted by Gasteiger charge is 2.15. The number of nitrogens with two attached hydrogens (primary N) is 1. The fourth-order valence-corrected chi connectivity index (χ4v) is 4.97. The summed E-state index contributed by atoms with van der Waals surface area (Å²) < 4.78 is 38.0. The summed E-state index contributed by atoms with van der Waals surface area (Å²) in [6, 6.07) is 14.0. The Hall–Kier alpha value is -3.40. The highest BCUT2D eigenvalue weighted by atomic mass is 32.1. The summed E-state index contributed by atoms with van der Waals surface area (Å²) in [7, 11) is 1.63. The lowest BCUT2D eigenvalue weighted by molar-refractivity contribution is 0.0321. The van der Waals surface area contributed by atoms with Crippen molar-refractivity contribution in [2.45, 2.75) is 0 Å². The number of nitrogen functional groups attached to an aromatic ring is 1. The van der Waals surface area contributed by atoms with Gasteiger partial charge in [-0.05, 0) is 42.0 Å². The number of fused-ring (bicyclic) bond motifs is 1. The van der Waals surface area contributed by atoms with E-state index in [4.69, 9.17) is 24.7 Å². The van der Waals surface area contributed by atoms with Gasteiger partial charge in [-0.15, -0.1) is 11.3 Å². The van der Waals surface area contributed by atoms with Gasteiger partial charge in [0.15, 0.2) is 23.1 Å². The number of benzene rings is 2. The van der Waals surface area contributed by atoms with Gasteiger partial charge in [0.05, 0.1) is 30.5 Å². The predicted molar refractivity (Wildman–Crippen MR) is 135 cm³/mol. The Balaban J connectivity index is 1.35. The van der Waals surface area contributed by atoms with Crippen molar-refractivity contribution >= 4 is 27.2 Å². The summed E-state index contributed by atoms with van der Waals surface area (Å²) in [4.78, 5) is 7.77. The molecule has 0 spiro atoms. The van der Waals surface area contributed by atoms with Crippen LogP contribution in [-0.4, -0.2) is 56.4 Å². The van der Waals surface area contributed by atoms with Crippen LogP contribution >= 0.6 is 11.3 Å². The molecule has 2 N–H and O–H groups in total. The zero-order chi connectivity index (χ0) is 24.2. The molecule has 1 fully saturated rings. The Labute approximate surface area is 206 Å². The molecule has 0 radical (unpaired) electrons. The molecule has 3 heterocycles. The highest BCUT2D eigenvalue weighted by molar-refractivity contribution is 7.22. The Morgan fingerprint density at radius 1 is 1.03 bits per heavy atom. The number of methoxy groups -OCH3 is 1. The molecule has 0 saturated carbocycles. The van der Waals surface area contributed by atoms with Crippen molar-refractivity contribution in [3.05, 3.63) is 60.5 Å². The van der Waals surface area contributed by atoms with Gasteiger partial charge < -0.3 is 24.7 Å². The number of morpholine rings is 1. The van der Waals surface area contributed by atoms with Gasteiger partial charge >= 0.3 is 0 Å². The maximum Gasteiger partial charge on any atom is 0.167 e. The first-order chi connectivity index (χ1) is 17.1. The molecular weight excluding hydrogens is 469 g/mol. The van der Waals surface area contributed by atoms with E-state index in [2.05, 4.69) is 9.88 Å². The minimum absolute atomic E-state index is 0.113. The normalized spacial score (nSPS) is 14.2.